The highest BCUT2D eigenvalue weighted by Crippen LogP contribution is 2.44. The topological polar surface area (TPSA) is 50.9 Å². The van der Waals surface area contributed by atoms with E-state index in [4.69, 9.17) is 11.3 Å². The minimum absolute atomic E-state index is 0.118. The summed E-state index contributed by atoms with van der Waals surface area (Å²) in [5.41, 5.74) is 18.5. The van der Waals surface area contributed by atoms with Crippen LogP contribution in [0.15, 0.2) is 134 Å². The van der Waals surface area contributed by atoms with E-state index in [1.807, 2.05) is 20.0 Å². The van der Waals surface area contributed by atoms with Gasteiger partial charge >= 0.3 is 0 Å². The highest BCUT2D eigenvalue weighted by Gasteiger charge is 2.25. The van der Waals surface area contributed by atoms with Gasteiger partial charge in [0.1, 0.15) is 11.6 Å². The van der Waals surface area contributed by atoms with Gasteiger partial charge in [-0.05, 0) is 147 Å². The van der Waals surface area contributed by atoms with Gasteiger partial charge < -0.3 is 5.11 Å². The van der Waals surface area contributed by atoms with E-state index in [9.17, 15) is 5.11 Å². The summed E-state index contributed by atoms with van der Waals surface area (Å²) in [6.07, 6.45) is 1.89. The van der Waals surface area contributed by atoms with Gasteiger partial charge in [-0.2, -0.15) is 0 Å². The molecule has 8 aromatic rings. The predicted molar refractivity (Wildman–Crippen MR) is 258 cm³/mol. The van der Waals surface area contributed by atoms with Crippen molar-refractivity contribution in [3.63, 3.8) is 0 Å². The summed E-state index contributed by atoms with van der Waals surface area (Å²) < 4.78 is 10.8. The number of benzene rings is 6. The lowest BCUT2D eigenvalue weighted by Gasteiger charge is -2.22. The van der Waals surface area contributed by atoms with E-state index in [0.717, 1.165) is 72.5 Å². The van der Waals surface area contributed by atoms with E-state index in [2.05, 4.69) is 194 Å². The number of phenolic OH excluding ortho intramolecular Hbond substituents is 1. The first kappa shape index (κ1) is 40.2. The normalized spacial score (nSPS) is 12.4. The van der Waals surface area contributed by atoms with Crippen molar-refractivity contribution in [2.75, 3.05) is 0 Å². The average Bonchev–Trinajstić information content (AvgIpc) is 3.64. The number of hydrogen-bond donors (Lipinski definition) is 1. The lowest BCUT2D eigenvalue weighted by molar-refractivity contribution is 0.466. The van der Waals surface area contributed by atoms with Crippen molar-refractivity contribution in [3.8, 4) is 67.5 Å². The molecule has 2 heterocycles. The third-order valence-electron chi connectivity index (χ3n) is 12.3. The van der Waals surface area contributed by atoms with Crippen LogP contribution < -0.4 is 0 Å². The summed E-state index contributed by atoms with van der Waals surface area (Å²) in [5, 5.41) is 12.2. The first-order chi connectivity index (χ1) is 29.4. The van der Waals surface area contributed by atoms with Gasteiger partial charge in [-0.25, -0.2) is 4.98 Å². The second-order valence-corrected chi connectivity index (χ2v) is 18.6. The molecular formula is C57H59N3O. The number of fused-ring (bicyclic) bond motifs is 1. The molecule has 8 rings (SSSR count). The highest BCUT2D eigenvalue weighted by molar-refractivity contribution is 5.97. The third kappa shape index (κ3) is 8.04. The SMILES string of the molecule is [2H]C(C)(C)c1ccc(-c2ccnc(-c3cc(-c4cccc5c4nc(-c4cc(C(C)C)cc(C(C)C)c4O)n5-c4cc(C)c(C)c(-c5ccccc5)c4)cc(C(C)(C)C)c3)c2)cc1. The molecule has 0 atom stereocenters. The van der Waals surface area contributed by atoms with Crippen molar-refractivity contribution in [3.05, 3.63) is 167 Å². The molecule has 61 heavy (non-hydrogen) atoms. The summed E-state index contributed by atoms with van der Waals surface area (Å²) in [6.45, 7) is 23.7. The number of imidazole rings is 1. The summed E-state index contributed by atoms with van der Waals surface area (Å²) in [6, 6.07) is 45.2. The summed E-state index contributed by atoms with van der Waals surface area (Å²) in [5.74, 6) is 0.693. The number of pyridine rings is 1. The smallest absolute Gasteiger partial charge is 0.149 e. The lowest BCUT2D eigenvalue weighted by atomic mass is 9.83. The molecule has 0 radical (unpaired) electrons. The quantitative estimate of drug-likeness (QED) is 0.158. The number of hydrogen-bond acceptors (Lipinski definition) is 3. The number of nitrogens with zero attached hydrogens (tertiary/aromatic N) is 3. The Morgan fingerprint density at radius 3 is 2.00 bits per heavy atom. The van der Waals surface area contributed by atoms with Crippen molar-refractivity contribution in [1.82, 2.24) is 14.5 Å². The molecule has 0 saturated heterocycles. The Labute approximate surface area is 364 Å². The van der Waals surface area contributed by atoms with Gasteiger partial charge in [-0.1, -0.05) is 141 Å². The van der Waals surface area contributed by atoms with Crippen LogP contribution in [0.1, 0.15) is 115 Å². The van der Waals surface area contributed by atoms with Crippen LogP contribution >= 0.6 is 0 Å². The zero-order valence-corrected chi connectivity index (χ0v) is 37.6. The second-order valence-electron chi connectivity index (χ2n) is 18.6. The van der Waals surface area contributed by atoms with Crippen LogP contribution in [0.25, 0.3) is 72.7 Å². The maximum atomic E-state index is 12.2. The predicted octanol–water partition coefficient (Wildman–Crippen LogP) is 15.7. The van der Waals surface area contributed by atoms with Crippen molar-refractivity contribution in [2.24, 2.45) is 0 Å². The van der Waals surface area contributed by atoms with Gasteiger partial charge in [-0.15, -0.1) is 0 Å². The minimum atomic E-state index is -0.662. The van der Waals surface area contributed by atoms with E-state index >= 15 is 0 Å². The molecule has 4 nitrogen and oxygen atoms in total. The maximum Gasteiger partial charge on any atom is 0.149 e. The van der Waals surface area contributed by atoms with E-state index < -0.39 is 5.89 Å². The molecule has 0 amide bonds. The van der Waals surface area contributed by atoms with E-state index in [-0.39, 0.29) is 23.0 Å². The van der Waals surface area contributed by atoms with E-state index in [1.165, 1.54) is 27.8 Å². The summed E-state index contributed by atoms with van der Waals surface area (Å²) in [4.78, 5) is 10.5. The Morgan fingerprint density at radius 1 is 0.607 bits per heavy atom. The maximum absolute atomic E-state index is 12.2. The Balaban J connectivity index is 1.38. The van der Waals surface area contributed by atoms with Crippen LogP contribution in [0.4, 0.5) is 0 Å². The molecule has 1 N–H and O–H groups in total. The zero-order chi connectivity index (χ0) is 44.2. The van der Waals surface area contributed by atoms with Crippen molar-refractivity contribution >= 4 is 11.0 Å². The monoisotopic (exact) mass is 802 g/mol. The highest BCUT2D eigenvalue weighted by atomic mass is 16.3. The van der Waals surface area contributed by atoms with Gasteiger partial charge in [0, 0.05) is 24.4 Å². The molecule has 0 aliphatic rings. The molecule has 308 valence electrons. The van der Waals surface area contributed by atoms with Gasteiger partial charge in [0.25, 0.3) is 0 Å². The number of aromatic nitrogens is 3. The van der Waals surface area contributed by atoms with Crippen molar-refractivity contribution in [2.45, 2.75) is 99.3 Å². The van der Waals surface area contributed by atoms with E-state index in [0.29, 0.717) is 5.82 Å². The number of aromatic hydroxyl groups is 1. The van der Waals surface area contributed by atoms with Gasteiger partial charge in [0.05, 0.1) is 22.3 Å². The lowest BCUT2D eigenvalue weighted by Crippen LogP contribution is -2.11. The van der Waals surface area contributed by atoms with Gasteiger partial charge in [-0.3, -0.25) is 9.55 Å². The van der Waals surface area contributed by atoms with Crippen LogP contribution in [0.5, 0.6) is 5.75 Å². The molecule has 6 aromatic carbocycles. The molecule has 0 unspecified atom stereocenters. The van der Waals surface area contributed by atoms with E-state index in [1.54, 1.807) is 0 Å². The molecule has 0 aliphatic heterocycles. The average molecular weight is 803 g/mol. The molecule has 4 heteroatoms. The fourth-order valence-electron chi connectivity index (χ4n) is 8.41. The van der Waals surface area contributed by atoms with Gasteiger partial charge in [0.15, 0.2) is 0 Å². The molecule has 2 aromatic heterocycles. The van der Waals surface area contributed by atoms with Crippen molar-refractivity contribution in [1.29, 1.82) is 0 Å². The number of aryl methyl sites for hydroxylation is 1. The molecular weight excluding hydrogens is 743 g/mol. The summed E-state index contributed by atoms with van der Waals surface area (Å²) >= 11 is 0. The number of rotatable bonds is 9. The van der Waals surface area contributed by atoms with Crippen LogP contribution in [0.2, 0.25) is 0 Å². The second kappa shape index (κ2) is 16.3. The Bertz CT molecular complexity index is 2940. The fourth-order valence-corrected chi connectivity index (χ4v) is 8.41. The van der Waals surface area contributed by atoms with Crippen molar-refractivity contribution < 1.29 is 6.48 Å². The standard InChI is InChI=1S/C57H59N3O/c1-34(2)39-20-22-40(23-21-39)42-24-25-58-52(32-42)45-27-44(28-46(29-45)57(9,10)11)48-18-15-19-53-54(48)59-56(51-31-43(35(3)4)30-49(36(5)6)55(51)61)60(53)47-26-37(7)38(8)50(33-47)41-16-13-12-14-17-41/h12-36,61H,1-11H3/i34D. The Morgan fingerprint density at radius 2 is 1.33 bits per heavy atom. The van der Waals surface area contributed by atoms with Crippen LogP contribution in [-0.4, -0.2) is 19.6 Å². The first-order valence-corrected chi connectivity index (χ1v) is 21.7. The number of phenols is 1. The Hall–Kier alpha value is -6.26. The molecule has 0 spiro atoms. The number of para-hydroxylation sites is 1. The molecule has 0 aliphatic carbocycles. The molecule has 0 bridgehead atoms. The zero-order valence-electron chi connectivity index (χ0n) is 38.6. The summed E-state index contributed by atoms with van der Waals surface area (Å²) in [7, 11) is 0. The Kier molecular flexibility index (Phi) is 10.7. The third-order valence-corrected chi connectivity index (χ3v) is 12.3. The van der Waals surface area contributed by atoms with Crippen LogP contribution in [-0.2, 0) is 5.41 Å². The largest absolute Gasteiger partial charge is 0.507 e. The van der Waals surface area contributed by atoms with Crippen LogP contribution in [0.3, 0.4) is 0 Å². The molecule has 0 fully saturated rings. The fraction of sp³-hybridized carbons (Fsp3) is 0.263. The minimum Gasteiger partial charge on any atom is -0.507 e. The van der Waals surface area contributed by atoms with Crippen LogP contribution in [0, 0.1) is 13.8 Å². The van der Waals surface area contributed by atoms with Gasteiger partial charge in [0.2, 0.25) is 0 Å². The molecule has 0 saturated carbocycles. The first-order valence-electron chi connectivity index (χ1n) is 22.2.